The van der Waals surface area contributed by atoms with Gasteiger partial charge < -0.3 is 10.6 Å². The van der Waals surface area contributed by atoms with Gasteiger partial charge in [-0.2, -0.15) is 0 Å². The highest BCUT2D eigenvalue weighted by Gasteiger charge is 2.43. The Labute approximate surface area is 81.5 Å². The van der Waals surface area contributed by atoms with Crippen LogP contribution in [0.15, 0.2) is 0 Å². The summed E-state index contributed by atoms with van der Waals surface area (Å²) in [7, 11) is 0. The summed E-state index contributed by atoms with van der Waals surface area (Å²) in [5.41, 5.74) is 6.33. The van der Waals surface area contributed by atoms with E-state index in [1.165, 1.54) is 45.3 Å². The average molecular weight is 182 g/mol. The molecular formula is C11H22N2. The van der Waals surface area contributed by atoms with Crippen LogP contribution in [0.25, 0.3) is 0 Å². The summed E-state index contributed by atoms with van der Waals surface area (Å²) < 4.78 is 0. The fraction of sp³-hybridized carbons (Fsp3) is 1.00. The van der Waals surface area contributed by atoms with Crippen molar-refractivity contribution in [2.75, 3.05) is 26.2 Å². The van der Waals surface area contributed by atoms with Gasteiger partial charge in [-0.1, -0.05) is 13.3 Å². The first-order valence-corrected chi connectivity index (χ1v) is 5.70. The molecule has 0 bridgehead atoms. The van der Waals surface area contributed by atoms with E-state index in [-0.39, 0.29) is 0 Å². The Bertz CT molecular complexity index is 175. The lowest BCUT2D eigenvalue weighted by molar-refractivity contribution is 0.258. The van der Waals surface area contributed by atoms with Crippen molar-refractivity contribution in [2.24, 2.45) is 17.1 Å². The maximum atomic E-state index is 5.79. The van der Waals surface area contributed by atoms with Crippen LogP contribution in [-0.4, -0.2) is 31.1 Å². The van der Waals surface area contributed by atoms with Crippen molar-refractivity contribution in [3.8, 4) is 0 Å². The van der Waals surface area contributed by atoms with E-state index in [1.54, 1.807) is 0 Å². The molecule has 76 valence electrons. The third-order valence-electron chi connectivity index (χ3n) is 3.90. The van der Waals surface area contributed by atoms with E-state index in [0.717, 1.165) is 12.5 Å². The van der Waals surface area contributed by atoms with Gasteiger partial charge in [0.25, 0.3) is 0 Å². The van der Waals surface area contributed by atoms with E-state index in [9.17, 15) is 0 Å². The summed E-state index contributed by atoms with van der Waals surface area (Å²) >= 11 is 0. The Morgan fingerprint density at radius 3 is 2.69 bits per heavy atom. The first kappa shape index (κ1) is 9.47. The Kier molecular flexibility index (Phi) is 2.61. The van der Waals surface area contributed by atoms with Crippen molar-refractivity contribution in [1.82, 2.24) is 4.90 Å². The highest BCUT2D eigenvalue weighted by molar-refractivity contribution is 4.97. The van der Waals surface area contributed by atoms with E-state index in [1.807, 2.05) is 0 Å². The lowest BCUT2D eigenvalue weighted by Crippen LogP contribution is -2.32. The molecule has 13 heavy (non-hydrogen) atoms. The van der Waals surface area contributed by atoms with Gasteiger partial charge in [-0.3, -0.25) is 0 Å². The van der Waals surface area contributed by atoms with Crippen LogP contribution in [0, 0.1) is 11.3 Å². The second-order valence-corrected chi connectivity index (χ2v) is 5.00. The predicted molar refractivity (Wildman–Crippen MR) is 55.6 cm³/mol. The van der Waals surface area contributed by atoms with Crippen molar-refractivity contribution in [2.45, 2.75) is 32.6 Å². The van der Waals surface area contributed by atoms with Crippen LogP contribution in [-0.2, 0) is 0 Å². The quantitative estimate of drug-likeness (QED) is 0.713. The van der Waals surface area contributed by atoms with Crippen molar-refractivity contribution in [3.05, 3.63) is 0 Å². The molecule has 0 amide bonds. The van der Waals surface area contributed by atoms with Crippen LogP contribution in [0.1, 0.15) is 32.6 Å². The third-order valence-corrected chi connectivity index (χ3v) is 3.90. The number of hydrogen-bond acceptors (Lipinski definition) is 2. The first-order chi connectivity index (χ1) is 6.28. The SMILES string of the molecule is CCC1CCN(CC2(CN)CC2)C1. The second-order valence-electron chi connectivity index (χ2n) is 5.00. The minimum absolute atomic E-state index is 0.544. The van der Waals surface area contributed by atoms with E-state index >= 15 is 0 Å². The van der Waals surface area contributed by atoms with Crippen molar-refractivity contribution in [3.63, 3.8) is 0 Å². The van der Waals surface area contributed by atoms with E-state index in [4.69, 9.17) is 5.73 Å². The first-order valence-electron chi connectivity index (χ1n) is 5.70. The predicted octanol–water partition coefficient (Wildman–Crippen LogP) is 1.46. The molecule has 0 radical (unpaired) electrons. The molecule has 2 nitrogen and oxygen atoms in total. The zero-order chi connectivity index (χ0) is 9.31. The normalized spacial score (nSPS) is 32.3. The summed E-state index contributed by atoms with van der Waals surface area (Å²) in [5, 5.41) is 0. The molecule has 1 atom stereocenters. The van der Waals surface area contributed by atoms with Crippen LogP contribution >= 0.6 is 0 Å². The molecular weight excluding hydrogens is 160 g/mol. The van der Waals surface area contributed by atoms with Gasteiger partial charge >= 0.3 is 0 Å². The fourth-order valence-electron chi connectivity index (χ4n) is 2.47. The molecule has 1 saturated carbocycles. The van der Waals surface area contributed by atoms with Gasteiger partial charge in [0, 0.05) is 13.1 Å². The molecule has 2 rings (SSSR count). The highest BCUT2D eigenvalue weighted by atomic mass is 15.2. The lowest BCUT2D eigenvalue weighted by atomic mass is 10.1. The molecule has 1 heterocycles. The van der Waals surface area contributed by atoms with Crippen LogP contribution in [0.3, 0.4) is 0 Å². The zero-order valence-corrected chi connectivity index (χ0v) is 8.76. The maximum absolute atomic E-state index is 5.79. The molecule has 2 fully saturated rings. The fourth-order valence-corrected chi connectivity index (χ4v) is 2.47. The molecule has 2 N–H and O–H groups in total. The number of rotatable bonds is 4. The Hall–Kier alpha value is -0.0800. The van der Waals surface area contributed by atoms with E-state index in [0.29, 0.717) is 5.41 Å². The third kappa shape index (κ3) is 2.05. The van der Waals surface area contributed by atoms with E-state index < -0.39 is 0 Å². The second kappa shape index (κ2) is 3.58. The van der Waals surface area contributed by atoms with Crippen LogP contribution < -0.4 is 5.73 Å². The topological polar surface area (TPSA) is 29.3 Å². The van der Waals surface area contributed by atoms with Crippen molar-refractivity contribution >= 4 is 0 Å². The van der Waals surface area contributed by atoms with Gasteiger partial charge in [-0.05, 0) is 43.7 Å². The number of nitrogens with two attached hydrogens (primary N) is 1. The Balaban J connectivity index is 1.77. The molecule has 0 aromatic rings. The Morgan fingerprint density at radius 2 is 2.23 bits per heavy atom. The monoisotopic (exact) mass is 182 g/mol. The van der Waals surface area contributed by atoms with E-state index in [2.05, 4.69) is 11.8 Å². The number of hydrogen-bond donors (Lipinski definition) is 1. The summed E-state index contributed by atoms with van der Waals surface area (Å²) in [6, 6.07) is 0. The van der Waals surface area contributed by atoms with Crippen LogP contribution in [0.4, 0.5) is 0 Å². The smallest absolute Gasteiger partial charge is 0.00502 e. The molecule has 0 spiro atoms. The summed E-state index contributed by atoms with van der Waals surface area (Å²) in [4.78, 5) is 2.63. The summed E-state index contributed by atoms with van der Waals surface area (Å²) in [5.74, 6) is 0.966. The molecule has 2 aliphatic rings. The molecule has 0 aromatic carbocycles. The van der Waals surface area contributed by atoms with Gasteiger partial charge in [-0.25, -0.2) is 0 Å². The molecule has 1 aliphatic carbocycles. The number of nitrogens with zero attached hydrogens (tertiary/aromatic N) is 1. The lowest BCUT2D eigenvalue weighted by Gasteiger charge is -2.21. The largest absolute Gasteiger partial charge is 0.330 e. The molecule has 1 saturated heterocycles. The van der Waals surface area contributed by atoms with Gasteiger partial charge in [0.05, 0.1) is 0 Å². The molecule has 1 unspecified atom stereocenters. The van der Waals surface area contributed by atoms with Gasteiger partial charge in [0.1, 0.15) is 0 Å². The summed E-state index contributed by atoms with van der Waals surface area (Å²) in [6.45, 7) is 7.14. The molecule has 1 aliphatic heterocycles. The van der Waals surface area contributed by atoms with Crippen molar-refractivity contribution < 1.29 is 0 Å². The van der Waals surface area contributed by atoms with Crippen LogP contribution in [0.2, 0.25) is 0 Å². The number of likely N-dealkylation sites (tertiary alicyclic amines) is 1. The summed E-state index contributed by atoms with van der Waals surface area (Å²) in [6.07, 6.45) is 5.51. The standard InChI is InChI=1S/C11H22N2/c1-2-10-3-6-13(7-10)9-11(8-12)4-5-11/h10H,2-9,12H2,1H3. The zero-order valence-electron chi connectivity index (χ0n) is 8.76. The van der Waals surface area contributed by atoms with Gasteiger partial charge in [-0.15, -0.1) is 0 Å². The molecule has 2 heteroatoms. The van der Waals surface area contributed by atoms with Crippen molar-refractivity contribution in [1.29, 1.82) is 0 Å². The Morgan fingerprint density at radius 1 is 1.46 bits per heavy atom. The van der Waals surface area contributed by atoms with Gasteiger partial charge in [0.15, 0.2) is 0 Å². The molecule has 0 aromatic heterocycles. The van der Waals surface area contributed by atoms with Crippen LogP contribution in [0.5, 0.6) is 0 Å². The average Bonchev–Trinajstić information content (AvgIpc) is 2.77. The minimum atomic E-state index is 0.544. The van der Waals surface area contributed by atoms with Gasteiger partial charge in [0.2, 0.25) is 0 Å². The minimum Gasteiger partial charge on any atom is -0.330 e. The maximum Gasteiger partial charge on any atom is 0.00502 e. The highest BCUT2D eigenvalue weighted by Crippen LogP contribution is 2.45.